The van der Waals surface area contributed by atoms with Gasteiger partial charge in [0.15, 0.2) is 5.75 Å². The van der Waals surface area contributed by atoms with E-state index < -0.39 is 11.9 Å². The summed E-state index contributed by atoms with van der Waals surface area (Å²) in [5, 5.41) is 19.0. The van der Waals surface area contributed by atoms with Crippen LogP contribution in [0.5, 0.6) is 11.6 Å². The molecule has 0 amide bonds. The number of carboxylic acid groups (broad SMARTS) is 2. The van der Waals surface area contributed by atoms with Crippen molar-refractivity contribution in [1.82, 2.24) is 10.3 Å². The molecule has 0 radical (unpaired) electrons. The average molecular weight is 406 g/mol. The quantitative estimate of drug-likeness (QED) is 0.592. The summed E-state index contributed by atoms with van der Waals surface area (Å²) in [6.07, 6.45) is 11.8. The summed E-state index contributed by atoms with van der Waals surface area (Å²) >= 11 is 0. The van der Waals surface area contributed by atoms with Gasteiger partial charge < -0.3 is 25.0 Å². The number of hydrogen-bond donors (Lipinski definition) is 3. The Balaban J connectivity index is 0.000000321. The minimum atomic E-state index is -1.26. The molecule has 2 heterocycles. The first-order valence-corrected chi connectivity index (χ1v) is 10.1. The van der Waals surface area contributed by atoms with Crippen LogP contribution in [-0.4, -0.2) is 52.9 Å². The van der Waals surface area contributed by atoms with E-state index in [0.29, 0.717) is 30.1 Å². The van der Waals surface area contributed by atoms with Crippen molar-refractivity contribution < 1.29 is 29.3 Å². The van der Waals surface area contributed by atoms with Crippen LogP contribution in [0.25, 0.3) is 0 Å². The molecule has 0 bridgehead atoms. The number of nitrogens with one attached hydrogen (secondary N) is 1. The number of pyridine rings is 1. The molecule has 2 aliphatic rings. The fraction of sp³-hybridized carbons (Fsp3) is 0.571. The first-order valence-electron chi connectivity index (χ1n) is 10.1. The number of piperidine rings is 1. The molecule has 160 valence electrons. The normalized spacial score (nSPS) is 19.8. The third-order valence-corrected chi connectivity index (χ3v) is 4.81. The summed E-state index contributed by atoms with van der Waals surface area (Å²) in [5.41, 5.74) is 0. The molecule has 0 spiro atoms. The van der Waals surface area contributed by atoms with Crippen molar-refractivity contribution in [3.63, 3.8) is 0 Å². The van der Waals surface area contributed by atoms with Crippen LogP contribution < -0.4 is 14.8 Å². The van der Waals surface area contributed by atoms with E-state index in [1.165, 1.54) is 32.1 Å². The van der Waals surface area contributed by atoms with Crippen LogP contribution in [0.3, 0.4) is 0 Å². The van der Waals surface area contributed by atoms with E-state index in [-0.39, 0.29) is 0 Å². The Bertz CT molecular complexity index is 651. The number of hydrogen-bond acceptors (Lipinski definition) is 6. The van der Waals surface area contributed by atoms with Gasteiger partial charge in [-0.1, -0.05) is 6.42 Å². The molecule has 8 nitrogen and oxygen atoms in total. The van der Waals surface area contributed by atoms with Gasteiger partial charge in [0.25, 0.3) is 5.88 Å². The Kier molecular flexibility index (Phi) is 9.99. The minimum Gasteiger partial charge on any atom is -0.488 e. The first kappa shape index (κ1) is 22.7. The molecule has 0 unspecified atom stereocenters. The third-order valence-electron chi connectivity index (χ3n) is 4.81. The molecule has 1 aliphatic carbocycles. The molecule has 1 saturated heterocycles. The summed E-state index contributed by atoms with van der Waals surface area (Å²) < 4.78 is 12.1. The molecule has 1 aromatic rings. The maximum Gasteiger partial charge on any atom is 0.328 e. The summed E-state index contributed by atoms with van der Waals surface area (Å²) in [6, 6.07) is 3.89. The van der Waals surface area contributed by atoms with Crippen LogP contribution in [-0.2, 0) is 9.59 Å². The van der Waals surface area contributed by atoms with Crippen molar-refractivity contribution in [2.24, 2.45) is 5.92 Å². The second kappa shape index (κ2) is 12.8. The lowest BCUT2D eigenvalue weighted by atomic mass is 9.98. The van der Waals surface area contributed by atoms with E-state index in [1.807, 2.05) is 12.1 Å². The monoisotopic (exact) mass is 406 g/mol. The highest BCUT2D eigenvalue weighted by Crippen LogP contribution is 2.29. The molecule has 29 heavy (non-hydrogen) atoms. The molecular formula is C21H30N2O6. The van der Waals surface area contributed by atoms with Gasteiger partial charge in [-0.05, 0) is 57.2 Å². The Morgan fingerprint density at radius 1 is 1.10 bits per heavy atom. The molecule has 0 aromatic carbocycles. The Morgan fingerprint density at radius 3 is 2.45 bits per heavy atom. The summed E-state index contributed by atoms with van der Waals surface area (Å²) in [6.45, 7) is 2.94. The molecule has 8 heteroatoms. The Hall–Kier alpha value is -2.61. The lowest BCUT2D eigenvalue weighted by Crippen LogP contribution is -2.33. The Morgan fingerprint density at radius 2 is 1.83 bits per heavy atom. The summed E-state index contributed by atoms with van der Waals surface area (Å²) in [5.74, 6) is -0.442. The SMILES string of the molecule is O=C(O)/C=C/C(=O)O.c1cnc(OC2CCCCC2)c(OC[C@H]2CCCNC2)c1. The van der Waals surface area contributed by atoms with Gasteiger partial charge in [0, 0.05) is 30.8 Å². The van der Waals surface area contributed by atoms with Gasteiger partial charge in [-0.3, -0.25) is 0 Å². The van der Waals surface area contributed by atoms with Crippen molar-refractivity contribution >= 4 is 11.9 Å². The molecule has 3 N–H and O–H groups in total. The van der Waals surface area contributed by atoms with E-state index in [0.717, 1.165) is 38.3 Å². The lowest BCUT2D eigenvalue weighted by Gasteiger charge is -2.25. The largest absolute Gasteiger partial charge is 0.488 e. The van der Waals surface area contributed by atoms with Crippen LogP contribution in [0.15, 0.2) is 30.5 Å². The molecule has 1 aliphatic heterocycles. The molecule has 1 saturated carbocycles. The third kappa shape index (κ3) is 9.43. The standard InChI is InChI=1S/C17H26N2O2.C4H4O4/c1-2-7-15(8-3-1)21-17-16(9-5-11-19-17)20-13-14-6-4-10-18-12-14;5-3(6)1-2-4(7)8/h5,9,11,14-15,18H,1-4,6-8,10,12-13H2;1-2H,(H,5,6)(H,7,8)/b;2-1+/t14-;/m0./s1. The first-order chi connectivity index (χ1) is 14.0. The maximum absolute atomic E-state index is 9.55. The van der Waals surface area contributed by atoms with Gasteiger partial charge in [0.1, 0.15) is 6.10 Å². The maximum atomic E-state index is 9.55. The highest BCUT2D eigenvalue weighted by atomic mass is 16.5. The summed E-state index contributed by atoms with van der Waals surface area (Å²) in [7, 11) is 0. The van der Waals surface area contributed by atoms with Crippen molar-refractivity contribution in [2.45, 2.75) is 51.0 Å². The topological polar surface area (TPSA) is 118 Å². The number of ether oxygens (including phenoxy) is 2. The second-order valence-electron chi connectivity index (χ2n) is 7.22. The second-order valence-corrected chi connectivity index (χ2v) is 7.22. The van der Waals surface area contributed by atoms with E-state index in [2.05, 4.69) is 10.3 Å². The fourth-order valence-electron chi connectivity index (χ4n) is 3.33. The van der Waals surface area contributed by atoms with E-state index in [4.69, 9.17) is 19.7 Å². The number of carboxylic acids is 2. The zero-order valence-electron chi connectivity index (χ0n) is 16.6. The Labute approximate surface area is 170 Å². The zero-order chi connectivity index (χ0) is 20.9. The number of aliphatic carboxylic acids is 2. The lowest BCUT2D eigenvalue weighted by molar-refractivity contribution is -0.134. The van der Waals surface area contributed by atoms with Crippen LogP contribution >= 0.6 is 0 Å². The molecule has 3 rings (SSSR count). The smallest absolute Gasteiger partial charge is 0.328 e. The minimum absolute atomic E-state index is 0.312. The van der Waals surface area contributed by atoms with Crippen LogP contribution in [0.4, 0.5) is 0 Å². The molecule has 1 atom stereocenters. The van der Waals surface area contributed by atoms with E-state index in [9.17, 15) is 9.59 Å². The van der Waals surface area contributed by atoms with Gasteiger partial charge in [0.05, 0.1) is 6.61 Å². The van der Waals surface area contributed by atoms with E-state index >= 15 is 0 Å². The van der Waals surface area contributed by atoms with Gasteiger partial charge in [-0.15, -0.1) is 0 Å². The van der Waals surface area contributed by atoms with Gasteiger partial charge >= 0.3 is 11.9 Å². The van der Waals surface area contributed by atoms with Gasteiger partial charge in [0.2, 0.25) is 0 Å². The zero-order valence-corrected chi connectivity index (χ0v) is 16.6. The van der Waals surface area contributed by atoms with Gasteiger partial charge in [-0.2, -0.15) is 0 Å². The molecule has 2 fully saturated rings. The van der Waals surface area contributed by atoms with Crippen LogP contribution in [0.2, 0.25) is 0 Å². The van der Waals surface area contributed by atoms with Gasteiger partial charge in [-0.25, -0.2) is 14.6 Å². The number of rotatable bonds is 7. The van der Waals surface area contributed by atoms with Crippen LogP contribution in [0, 0.1) is 5.92 Å². The van der Waals surface area contributed by atoms with Crippen molar-refractivity contribution in [1.29, 1.82) is 0 Å². The number of nitrogens with zero attached hydrogens (tertiary/aromatic N) is 1. The van der Waals surface area contributed by atoms with Crippen molar-refractivity contribution in [2.75, 3.05) is 19.7 Å². The van der Waals surface area contributed by atoms with Crippen LogP contribution in [0.1, 0.15) is 44.9 Å². The fourth-order valence-corrected chi connectivity index (χ4v) is 3.33. The predicted octanol–water partition coefficient (Wildman–Crippen LogP) is 2.88. The highest BCUT2D eigenvalue weighted by molar-refractivity contribution is 5.89. The van der Waals surface area contributed by atoms with E-state index in [1.54, 1.807) is 6.20 Å². The molecule has 1 aromatic heterocycles. The number of aromatic nitrogens is 1. The highest BCUT2D eigenvalue weighted by Gasteiger charge is 2.19. The average Bonchev–Trinajstić information content (AvgIpc) is 2.74. The summed E-state index contributed by atoms with van der Waals surface area (Å²) in [4.78, 5) is 23.5. The van der Waals surface area contributed by atoms with Crippen molar-refractivity contribution in [3.05, 3.63) is 30.5 Å². The predicted molar refractivity (Wildman–Crippen MR) is 107 cm³/mol. The molecular weight excluding hydrogens is 376 g/mol. The van der Waals surface area contributed by atoms with Crippen molar-refractivity contribution in [3.8, 4) is 11.6 Å². The number of carbonyl (C=O) groups is 2.